The Kier molecular flexibility index (Phi) is 3.96. The number of aryl methyl sites for hydroxylation is 4. The van der Waals surface area contributed by atoms with Crippen molar-refractivity contribution in [1.82, 2.24) is 19.1 Å². The van der Waals surface area contributed by atoms with Crippen molar-refractivity contribution in [1.29, 1.82) is 0 Å². The van der Waals surface area contributed by atoms with Crippen LogP contribution < -0.4 is 0 Å². The normalized spacial score (nSPS) is 11.1. The van der Waals surface area contributed by atoms with Gasteiger partial charge in [0.15, 0.2) is 0 Å². The van der Waals surface area contributed by atoms with Gasteiger partial charge in [-0.05, 0) is 76.2 Å². The van der Waals surface area contributed by atoms with Crippen LogP contribution in [0.5, 0.6) is 0 Å². The van der Waals surface area contributed by atoms with Crippen LogP contribution >= 0.6 is 0 Å². The molecule has 4 rings (SSSR count). The minimum atomic E-state index is 0.874. The lowest BCUT2D eigenvalue weighted by Gasteiger charge is -2.12. The fourth-order valence-corrected chi connectivity index (χ4v) is 3.55. The predicted molar refractivity (Wildman–Crippen MR) is 105 cm³/mol. The average molecular weight is 342 g/mol. The lowest BCUT2D eigenvalue weighted by Crippen LogP contribution is -2.01. The van der Waals surface area contributed by atoms with Gasteiger partial charge >= 0.3 is 0 Å². The number of pyridine rings is 2. The molecule has 4 nitrogen and oxygen atoms in total. The fourth-order valence-electron chi connectivity index (χ4n) is 3.55. The molecule has 4 heteroatoms. The third kappa shape index (κ3) is 2.73. The van der Waals surface area contributed by atoms with Crippen molar-refractivity contribution in [2.75, 3.05) is 0 Å². The summed E-state index contributed by atoms with van der Waals surface area (Å²) in [7, 11) is 0. The number of aromatic nitrogens is 4. The molecule has 0 radical (unpaired) electrons. The minimum absolute atomic E-state index is 0.874. The van der Waals surface area contributed by atoms with Gasteiger partial charge in [0.2, 0.25) is 0 Å². The second-order valence-electron chi connectivity index (χ2n) is 6.70. The van der Waals surface area contributed by atoms with Crippen LogP contribution in [-0.2, 0) is 0 Å². The summed E-state index contributed by atoms with van der Waals surface area (Å²) in [5.41, 5.74) is 8.80. The Balaban J connectivity index is 1.80. The van der Waals surface area contributed by atoms with Gasteiger partial charge in [-0.3, -0.25) is 9.97 Å². The molecule has 130 valence electrons. The van der Waals surface area contributed by atoms with E-state index in [1.165, 1.54) is 22.8 Å². The highest BCUT2D eigenvalue weighted by Crippen LogP contribution is 2.24. The van der Waals surface area contributed by atoms with Gasteiger partial charge in [0.25, 0.3) is 0 Å². The Morgan fingerprint density at radius 3 is 1.23 bits per heavy atom. The lowest BCUT2D eigenvalue weighted by atomic mass is 10.2. The third-order valence-electron chi connectivity index (χ3n) is 4.81. The first-order valence-corrected chi connectivity index (χ1v) is 8.78. The summed E-state index contributed by atoms with van der Waals surface area (Å²) in [5.74, 6) is 0. The van der Waals surface area contributed by atoms with Crippen molar-refractivity contribution in [3.63, 3.8) is 0 Å². The lowest BCUT2D eigenvalue weighted by molar-refractivity contribution is 0.956. The average Bonchev–Trinajstić information content (AvgIpc) is 3.16. The quantitative estimate of drug-likeness (QED) is 0.527. The first kappa shape index (κ1) is 16.3. The van der Waals surface area contributed by atoms with Gasteiger partial charge in [0, 0.05) is 46.5 Å². The summed E-state index contributed by atoms with van der Waals surface area (Å²) >= 11 is 0. The van der Waals surface area contributed by atoms with Crippen LogP contribution in [0.1, 0.15) is 22.8 Å². The molecular formula is C22H22N4. The molecule has 0 atom stereocenters. The van der Waals surface area contributed by atoms with E-state index in [2.05, 4.69) is 83.2 Å². The highest BCUT2D eigenvalue weighted by Gasteiger charge is 2.10. The van der Waals surface area contributed by atoms with E-state index in [4.69, 9.17) is 0 Å². The van der Waals surface area contributed by atoms with Crippen molar-refractivity contribution < 1.29 is 0 Å². The molecule has 0 amide bonds. The molecule has 26 heavy (non-hydrogen) atoms. The second kappa shape index (κ2) is 6.30. The van der Waals surface area contributed by atoms with Crippen molar-refractivity contribution >= 4 is 0 Å². The summed E-state index contributed by atoms with van der Waals surface area (Å²) in [6.07, 6.45) is 3.70. The van der Waals surface area contributed by atoms with E-state index < -0.39 is 0 Å². The van der Waals surface area contributed by atoms with E-state index in [0.29, 0.717) is 0 Å². The van der Waals surface area contributed by atoms with Crippen LogP contribution in [-0.4, -0.2) is 19.1 Å². The molecule has 0 aromatic carbocycles. The molecule has 0 aliphatic heterocycles. The SMILES string of the molecule is Cc1ccc(C)n1-c1ccnc(-c2cc(-n3c(C)ccc3C)ccn2)c1. The van der Waals surface area contributed by atoms with E-state index in [-0.39, 0.29) is 0 Å². The van der Waals surface area contributed by atoms with Crippen molar-refractivity contribution in [2.45, 2.75) is 27.7 Å². The predicted octanol–water partition coefficient (Wildman–Crippen LogP) is 4.96. The number of hydrogen-bond donors (Lipinski definition) is 0. The van der Waals surface area contributed by atoms with E-state index in [1.807, 2.05) is 24.5 Å². The third-order valence-corrected chi connectivity index (χ3v) is 4.81. The molecule has 0 unspecified atom stereocenters. The number of hydrogen-bond acceptors (Lipinski definition) is 2. The maximum absolute atomic E-state index is 4.56. The van der Waals surface area contributed by atoms with Gasteiger partial charge < -0.3 is 9.13 Å². The number of nitrogens with zero attached hydrogens (tertiary/aromatic N) is 4. The van der Waals surface area contributed by atoms with E-state index >= 15 is 0 Å². The summed E-state index contributed by atoms with van der Waals surface area (Å²) in [4.78, 5) is 9.12. The van der Waals surface area contributed by atoms with Crippen LogP contribution in [0.4, 0.5) is 0 Å². The monoisotopic (exact) mass is 342 g/mol. The van der Waals surface area contributed by atoms with Gasteiger partial charge in [-0.25, -0.2) is 0 Å². The van der Waals surface area contributed by atoms with E-state index in [1.54, 1.807) is 0 Å². The van der Waals surface area contributed by atoms with Crippen LogP contribution in [0, 0.1) is 27.7 Å². The van der Waals surface area contributed by atoms with Crippen LogP contribution in [0.25, 0.3) is 22.8 Å². The van der Waals surface area contributed by atoms with Crippen molar-refractivity contribution in [3.05, 3.63) is 83.7 Å². The molecule has 0 aliphatic rings. The van der Waals surface area contributed by atoms with Crippen LogP contribution in [0.2, 0.25) is 0 Å². The first-order valence-electron chi connectivity index (χ1n) is 8.78. The number of rotatable bonds is 3. The summed E-state index contributed by atoms with van der Waals surface area (Å²) in [6.45, 7) is 8.46. The molecule has 0 saturated heterocycles. The van der Waals surface area contributed by atoms with Gasteiger partial charge in [0.05, 0.1) is 11.4 Å². The summed E-state index contributed by atoms with van der Waals surface area (Å²) < 4.78 is 4.46. The molecule has 4 aromatic rings. The van der Waals surface area contributed by atoms with Gasteiger partial charge in [-0.15, -0.1) is 0 Å². The highest BCUT2D eigenvalue weighted by molar-refractivity contribution is 5.61. The second-order valence-corrected chi connectivity index (χ2v) is 6.70. The summed E-state index contributed by atoms with van der Waals surface area (Å²) in [5, 5.41) is 0. The molecule has 0 saturated carbocycles. The fraction of sp³-hybridized carbons (Fsp3) is 0.182. The molecule has 0 N–H and O–H groups in total. The largest absolute Gasteiger partial charge is 0.318 e. The van der Waals surface area contributed by atoms with E-state index in [9.17, 15) is 0 Å². The molecular weight excluding hydrogens is 320 g/mol. The minimum Gasteiger partial charge on any atom is -0.318 e. The summed E-state index contributed by atoms with van der Waals surface area (Å²) in [6, 6.07) is 16.8. The molecule has 0 fully saturated rings. The van der Waals surface area contributed by atoms with Crippen LogP contribution in [0.15, 0.2) is 60.9 Å². The van der Waals surface area contributed by atoms with Gasteiger partial charge in [0.1, 0.15) is 0 Å². The molecule has 0 bridgehead atoms. The maximum atomic E-state index is 4.56. The Morgan fingerprint density at radius 2 is 0.885 bits per heavy atom. The van der Waals surface area contributed by atoms with Gasteiger partial charge in [-0.2, -0.15) is 0 Å². The molecule has 0 spiro atoms. The van der Waals surface area contributed by atoms with Gasteiger partial charge in [-0.1, -0.05) is 0 Å². The molecule has 4 heterocycles. The molecule has 4 aromatic heterocycles. The Labute approximate surface area is 153 Å². The Bertz CT molecular complexity index is 958. The molecule has 0 aliphatic carbocycles. The maximum Gasteiger partial charge on any atom is 0.0907 e. The zero-order valence-corrected chi connectivity index (χ0v) is 15.6. The topological polar surface area (TPSA) is 35.6 Å². The zero-order chi connectivity index (χ0) is 18.3. The van der Waals surface area contributed by atoms with E-state index in [0.717, 1.165) is 22.8 Å². The standard InChI is InChI=1S/C22H22N4/c1-15-5-6-16(2)25(15)19-9-11-23-21(13-19)22-14-20(10-12-24-22)26-17(3)7-8-18(26)4/h5-14H,1-4H3. The Hall–Kier alpha value is -3.14. The smallest absolute Gasteiger partial charge is 0.0907 e. The van der Waals surface area contributed by atoms with Crippen molar-refractivity contribution in [3.8, 4) is 22.8 Å². The van der Waals surface area contributed by atoms with Crippen LogP contribution in [0.3, 0.4) is 0 Å². The zero-order valence-electron chi connectivity index (χ0n) is 15.6. The first-order chi connectivity index (χ1) is 12.5. The van der Waals surface area contributed by atoms with Crippen molar-refractivity contribution in [2.24, 2.45) is 0 Å². The highest BCUT2D eigenvalue weighted by atomic mass is 15.0. The Morgan fingerprint density at radius 1 is 0.538 bits per heavy atom.